The summed E-state index contributed by atoms with van der Waals surface area (Å²) in [6.07, 6.45) is 0. The molecule has 10 heteroatoms. The Morgan fingerprint density at radius 3 is 0.839 bits per heavy atom. The summed E-state index contributed by atoms with van der Waals surface area (Å²) >= 11 is 5.62. The van der Waals surface area contributed by atoms with Crippen molar-refractivity contribution in [2.24, 2.45) is 0 Å². The summed E-state index contributed by atoms with van der Waals surface area (Å²) < 4.78 is 63.3. The normalized spacial score (nSPS) is 13.8. The van der Waals surface area contributed by atoms with Gasteiger partial charge in [-0.05, 0) is 105 Å². The van der Waals surface area contributed by atoms with Gasteiger partial charge >= 0.3 is 33.0 Å². The Labute approximate surface area is 334 Å². The topological polar surface area (TPSA) is 0 Å². The van der Waals surface area contributed by atoms with Gasteiger partial charge in [-0.2, -0.15) is 0 Å². The van der Waals surface area contributed by atoms with E-state index >= 15 is 0 Å². The molecule has 0 saturated carbocycles. The van der Waals surface area contributed by atoms with E-state index in [1.54, 1.807) is 0 Å². The van der Waals surface area contributed by atoms with Crippen LogP contribution in [0.1, 0.15) is 92.7 Å². The third-order valence-electron chi connectivity index (χ3n) is 10.6. The van der Waals surface area contributed by atoms with Gasteiger partial charge in [0.15, 0.2) is 0 Å². The summed E-state index contributed by atoms with van der Waals surface area (Å²) in [5.41, 5.74) is 16.3. The van der Waals surface area contributed by atoms with Crippen LogP contribution >= 0.6 is 41.8 Å². The Kier molecular flexibility index (Phi) is 9.13. The molecule has 0 fully saturated rings. The van der Waals surface area contributed by atoms with Crippen LogP contribution in [0.25, 0.3) is 63.6 Å². The van der Waals surface area contributed by atoms with Gasteiger partial charge in [0.1, 0.15) is 0 Å². The first kappa shape index (κ1) is 38.7. The van der Waals surface area contributed by atoms with E-state index in [4.69, 9.17) is 0 Å². The zero-order valence-electron chi connectivity index (χ0n) is 31.6. The molecule has 6 aliphatic carbocycles. The summed E-state index contributed by atoms with van der Waals surface area (Å²) in [7, 11) is -10.7. The first-order chi connectivity index (χ1) is 26.3. The molecule has 0 aromatic carbocycles. The summed E-state index contributed by atoms with van der Waals surface area (Å²) in [6.45, 7) is 13.8. The van der Waals surface area contributed by atoms with Gasteiger partial charge in [-0.1, -0.05) is 77.9 Å². The van der Waals surface area contributed by atoms with Crippen LogP contribution in [0.2, 0.25) is 0 Å². The van der Waals surface area contributed by atoms with Gasteiger partial charge in [-0.25, -0.2) is 0 Å². The number of hydrogen-bond donors (Lipinski definition) is 0. The number of fused-ring (bicyclic) bond motifs is 9. The second-order valence-corrected chi connectivity index (χ2v) is 20.1. The molecule has 0 spiro atoms. The number of thiophene rings is 3. The van der Waals surface area contributed by atoms with Crippen molar-refractivity contribution in [1.29, 1.82) is 0 Å². The van der Waals surface area contributed by atoms with Gasteiger partial charge in [0.2, 0.25) is 0 Å². The Bertz CT molecular complexity index is 2510. The van der Waals surface area contributed by atoms with Crippen molar-refractivity contribution in [2.45, 2.75) is 59.3 Å². The Morgan fingerprint density at radius 2 is 0.607 bits per heavy atom. The third kappa shape index (κ3) is 7.28. The first-order valence-electron chi connectivity index (χ1n) is 18.5. The van der Waals surface area contributed by atoms with E-state index in [-0.39, 0.29) is 0 Å². The molecule has 3 heterocycles. The average Bonchev–Trinajstić information content (AvgIpc) is 3.91. The molecular weight excluding hydrogens is 794 g/mol. The van der Waals surface area contributed by atoms with Crippen molar-refractivity contribution in [3.8, 4) is 33.4 Å². The minimum absolute atomic E-state index is 0.460. The fourth-order valence-electron chi connectivity index (χ4n) is 7.95. The van der Waals surface area contributed by atoms with E-state index in [2.05, 4.69) is 149 Å². The number of halogens is 6. The molecule has 9 rings (SSSR count). The van der Waals surface area contributed by atoms with Crippen LogP contribution in [0.4, 0.5) is 25.2 Å². The monoisotopic (exact) mass is 832 g/mol. The van der Waals surface area contributed by atoms with Gasteiger partial charge in [-0.3, -0.25) is 0 Å². The van der Waals surface area contributed by atoms with Crippen molar-refractivity contribution in [3.63, 3.8) is 0 Å². The Balaban J connectivity index is 0.000000579. The number of rotatable bonds is 6. The van der Waals surface area contributed by atoms with Gasteiger partial charge in [0.05, 0.1) is 36.7 Å². The first-order valence-corrected chi connectivity index (χ1v) is 23.2. The molecular formula is C46H39F6PS3. The van der Waals surface area contributed by atoms with Crippen LogP contribution in [0.5, 0.6) is 0 Å². The Hall–Kier alpha value is -4.14. The molecule has 0 aliphatic heterocycles. The summed E-state index contributed by atoms with van der Waals surface area (Å²) in [6, 6.07) is 35.7. The fourth-order valence-corrected chi connectivity index (χ4v) is 10.8. The van der Waals surface area contributed by atoms with Crippen molar-refractivity contribution in [1.82, 2.24) is 0 Å². The fraction of sp³-hybridized carbons (Fsp3) is 0.196. The third-order valence-corrected chi connectivity index (χ3v) is 13.5. The van der Waals surface area contributed by atoms with Gasteiger partial charge in [0.25, 0.3) is 0 Å². The maximum absolute atomic E-state index is 10.7. The van der Waals surface area contributed by atoms with E-state index in [1.165, 1.54) is 103 Å². The van der Waals surface area contributed by atoms with E-state index in [0.717, 1.165) is 0 Å². The molecule has 3 aromatic heterocycles. The van der Waals surface area contributed by atoms with E-state index in [9.17, 15) is 25.2 Å². The van der Waals surface area contributed by atoms with E-state index in [1.807, 2.05) is 34.0 Å². The van der Waals surface area contributed by atoms with E-state index < -0.39 is 7.81 Å². The van der Waals surface area contributed by atoms with Gasteiger partial charge in [-0.15, -0.1) is 34.0 Å². The predicted octanol–water partition coefficient (Wildman–Crippen LogP) is 18.4. The average molecular weight is 833 g/mol. The summed E-state index contributed by atoms with van der Waals surface area (Å²) in [5.74, 6) is 2.74. The van der Waals surface area contributed by atoms with Gasteiger partial charge in [0, 0.05) is 49.5 Å². The SMILES string of the molecule is CC(C)c1ccc2c([C+](c3c4ccc(C(C)C)ccc-4c4sccc34)c3c4ccc(C(C)C)ccc-4c4sccc34)c3ccsc3c-2cc1.F[P-](F)(F)(F)(F)F. The molecule has 56 heavy (non-hydrogen) atoms. The Morgan fingerprint density at radius 1 is 0.375 bits per heavy atom. The molecule has 0 atom stereocenters. The van der Waals surface area contributed by atoms with Gasteiger partial charge < -0.3 is 0 Å². The molecule has 0 bridgehead atoms. The van der Waals surface area contributed by atoms with Crippen molar-refractivity contribution < 1.29 is 25.2 Å². The standard InChI is InChI=1S/C46H39S3.F6P/c1-25(2)28-7-13-31-34(16-10-28)44-37(19-22-47-44)40(31)43(41-32-14-8-29(26(3)4)11-17-35(32)45-38(41)20-23-48-45)42-33-15-9-30(27(5)6)12-18-36(33)46-39(42)21-24-49-46;1-7(2,3,4,5)6/h7-27H,1-6H3;/q+1;-1. The molecule has 3 aromatic rings. The summed E-state index contributed by atoms with van der Waals surface area (Å²) in [5, 5.41) is 10.9. The second-order valence-electron chi connectivity index (χ2n) is 15.4. The van der Waals surface area contributed by atoms with Crippen LogP contribution in [0.15, 0.2) is 107 Å². The van der Waals surface area contributed by atoms with Crippen molar-refractivity contribution in [2.75, 3.05) is 0 Å². The summed E-state index contributed by atoms with van der Waals surface area (Å²) in [4.78, 5) is 0. The molecule has 288 valence electrons. The van der Waals surface area contributed by atoms with Crippen LogP contribution in [0.3, 0.4) is 0 Å². The zero-order valence-corrected chi connectivity index (χ0v) is 34.9. The van der Waals surface area contributed by atoms with Crippen molar-refractivity contribution >= 4 is 72.1 Å². The van der Waals surface area contributed by atoms with Crippen LogP contribution in [0, 0.1) is 5.92 Å². The van der Waals surface area contributed by atoms with Crippen LogP contribution in [-0.4, -0.2) is 0 Å². The molecule has 0 amide bonds. The van der Waals surface area contributed by atoms with Crippen LogP contribution in [-0.2, 0) is 0 Å². The second kappa shape index (κ2) is 13.2. The molecule has 0 saturated heterocycles. The van der Waals surface area contributed by atoms with Crippen LogP contribution < -0.4 is 0 Å². The zero-order chi connectivity index (χ0) is 40.0. The molecule has 0 N–H and O–H groups in total. The predicted molar refractivity (Wildman–Crippen MR) is 232 cm³/mol. The van der Waals surface area contributed by atoms with Crippen molar-refractivity contribution in [3.05, 3.63) is 146 Å². The maximum atomic E-state index is 9.87. The molecule has 0 unspecified atom stereocenters. The molecule has 0 radical (unpaired) electrons. The number of hydrogen-bond acceptors (Lipinski definition) is 3. The molecule has 0 nitrogen and oxygen atoms in total. The molecule has 6 aliphatic rings. The van der Waals surface area contributed by atoms with E-state index in [0.29, 0.717) is 17.8 Å². The quantitative estimate of drug-likeness (QED) is 0.0889. The minimum atomic E-state index is -10.7.